The van der Waals surface area contributed by atoms with Crippen molar-refractivity contribution in [3.63, 3.8) is 0 Å². The molecule has 0 saturated heterocycles. The predicted octanol–water partition coefficient (Wildman–Crippen LogP) is 11.4. The number of hydrogen-bond donors (Lipinski definition) is 0. The van der Waals surface area contributed by atoms with Crippen LogP contribution < -0.4 is 0 Å². The molecule has 0 spiro atoms. The van der Waals surface area contributed by atoms with Crippen LogP contribution in [0.1, 0.15) is 48.6 Å². The molecule has 0 fully saturated rings. The highest BCUT2D eigenvalue weighted by molar-refractivity contribution is 6.30. The lowest BCUT2D eigenvalue weighted by Gasteiger charge is -2.25. The summed E-state index contributed by atoms with van der Waals surface area (Å²) >= 11 is 0. The fraction of sp³-hybridized carbons (Fsp3) is 0.179. The largest absolute Gasteiger partial charge is 0.0758 e. The van der Waals surface area contributed by atoms with E-state index in [-0.39, 0.29) is 0 Å². The number of allylic oxidation sites excluding steroid dienone is 1. The summed E-state index contributed by atoms with van der Waals surface area (Å²) < 4.78 is 0. The molecule has 0 heteroatoms. The van der Waals surface area contributed by atoms with Crippen LogP contribution in [0, 0.1) is 20.8 Å². The van der Waals surface area contributed by atoms with Crippen molar-refractivity contribution in [2.45, 2.75) is 48.0 Å². The van der Waals surface area contributed by atoms with Gasteiger partial charge >= 0.3 is 0 Å². The van der Waals surface area contributed by atoms with Crippen LogP contribution in [-0.4, -0.2) is 0 Å². The van der Waals surface area contributed by atoms with Crippen LogP contribution >= 0.6 is 0 Å². The van der Waals surface area contributed by atoms with Crippen molar-refractivity contribution in [3.8, 4) is 22.3 Å². The summed E-state index contributed by atoms with van der Waals surface area (Å²) in [7, 11) is 0. The Morgan fingerprint density at radius 3 is 1.77 bits per heavy atom. The highest BCUT2D eigenvalue weighted by Crippen LogP contribution is 2.50. The smallest absolute Gasteiger partial charge is 0.00112 e. The molecule has 0 saturated carbocycles. The van der Waals surface area contributed by atoms with Crippen LogP contribution in [-0.2, 0) is 6.42 Å². The van der Waals surface area contributed by atoms with Gasteiger partial charge in [0.1, 0.15) is 0 Å². The summed E-state index contributed by atoms with van der Waals surface area (Å²) in [6.45, 7) is 13.5. The lowest BCUT2D eigenvalue weighted by molar-refractivity contribution is 1.13. The van der Waals surface area contributed by atoms with Gasteiger partial charge in [-0.05, 0) is 118 Å². The Labute approximate surface area is 232 Å². The Balaban J connectivity index is 2.06. The zero-order valence-corrected chi connectivity index (χ0v) is 23.9. The molecule has 0 atom stereocenters. The maximum atomic E-state index is 2.44. The number of aryl methyl sites for hydroxylation is 4. The summed E-state index contributed by atoms with van der Waals surface area (Å²) in [6, 6.07) is 33.8. The number of fused-ring (bicyclic) bond motifs is 4. The van der Waals surface area contributed by atoms with Gasteiger partial charge in [-0.3, -0.25) is 0 Å². The standard InChI is InChI=1S/C39H36/c1-7-28-22-26(5)34-37(30-16-12-9-13-17-30)39-33-21-25(4)18-19-31(33)23-27(6)35(39)36(29-14-10-8-11-15-29)38(34)32(28)20-24(2)3/h8-23H,7H2,1-6H3. The molecule has 0 aliphatic rings. The van der Waals surface area contributed by atoms with Crippen molar-refractivity contribution in [2.24, 2.45) is 0 Å². The summed E-state index contributed by atoms with van der Waals surface area (Å²) in [5.74, 6) is 0. The predicted molar refractivity (Wildman–Crippen MR) is 173 cm³/mol. The zero-order chi connectivity index (χ0) is 27.3. The first-order valence-electron chi connectivity index (χ1n) is 14.1. The number of hydrogen-bond acceptors (Lipinski definition) is 0. The van der Waals surface area contributed by atoms with Crippen LogP contribution in [0.2, 0.25) is 0 Å². The third-order valence-electron chi connectivity index (χ3n) is 8.08. The van der Waals surface area contributed by atoms with Crippen molar-refractivity contribution in [1.29, 1.82) is 0 Å². The van der Waals surface area contributed by atoms with Gasteiger partial charge in [0, 0.05) is 0 Å². The summed E-state index contributed by atoms with van der Waals surface area (Å²) in [6.07, 6.45) is 3.41. The second-order valence-electron chi connectivity index (χ2n) is 11.2. The Morgan fingerprint density at radius 2 is 1.18 bits per heavy atom. The Bertz CT molecular complexity index is 1900. The van der Waals surface area contributed by atoms with E-state index < -0.39 is 0 Å². The summed E-state index contributed by atoms with van der Waals surface area (Å²) in [5, 5.41) is 8.10. The van der Waals surface area contributed by atoms with E-state index in [4.69, 9.17) is 0 Å². The molecule has 6 aromatic rings. The number of benzene rings is 6. The van der Waals surface area contributed by atoms with Gasteiger partial charge in [0.2, 0.25) is 0 Å². The van der Waals surface area contributed by atoms with Gasteiger partial charge in [-0.2, -0.15) is 0 Å². The van der Waals surface area contributed by atoms with E-state index in [9.17, 15) is 0 Å². The maximum absolute atomic E-state index is 2.44. The second-order valence-corrected chi connectivity index (χ2v) is 11.2. The Hall–Kier alpha value is -4.16. The zero-order valence-electron chi connectivity index (χ0n) is 23.9. The van der Waals surface area contributed by atoms with E-state index >= 15 is 0 Å². The summed E-state index contributed by atoms with van der Waals surface area (Å²) in [5.41, 5.74) is 13.3. The van der Waals surface area contributed by atoms with Gasteiger partial charge in [0.15, 0.2) is 0 Å². The van der Waals surface area contributed by atoms with E-state index in [0.717, 1.165) is 6.42 Å². The highest BCUT2D eigenvalue weighted by atomic mass is 14.3. The van der Waals surface area contributed by atoms with Gasteiger partial charge in [0.25, 0.3) is 0 Å². The van der Waals surface area contributed by atoms with Crippen LogP contribution in [0.15, 0.2) is 96.6 Å². The molecule has 6 rings (SSSR count). The lowest BCUT2D eigenvalue weighted by atomic mass is 9.78. The fourth-order valence-electron chi connectivity index (χ4n) is 6.50. The van der Waals surface area contributed by atoms with Crippen LogP contribution in [0.5, 0.6) is 0 Å². The monoisotopic (exact) mass is 504 g/mol. The molecule has 6 aromatic carbocycles. The quantitative estimate of drug-likeness (QED) is 0.165. The molecular weight excluding hydrogens is 468 g/mol. The average molecular weight is 505 g/mol. The molecule has 192 valence electrons. The fourth-order valence-corrected chi connectivity index (χ4v) is 6.50. The second kappa shape index (κ2) is 9.86. The Morgan fingerprint density at radius 1 is 0.615 bits per heavy atom. The van der Waals surface area contributed by atoms with Gasteiger partial charge in [0.05, 0.1) is 0 Å². The molecular formula is C39H36. The maximum Gasteiger partial charge on any atom is -0.00112 e. The average Bonchev–Trinajstić information content (AvgIpc) is 2.94. The number of rotatable bonds is 4. The first-order chi connectivity index (χ1) is 18.9. The first kappa shape index (κ1) is 25.1. The molecule has 0 aliphatic heterocycles. The van der Waals surface area contributed by atoms with E-state index in [0.29, 0.717) is 0 Å². The normalized spacial score (nSPS) is 11.4. The molecule has 0 bridgehead atoms. The van der Waals surface area contributed by atoms with Gasteiger partial charge < -0.3 is 0 Å². The van der Waals surface area contributed by atoms with E-state index in [1.165, 1.54) is 88.0 Å². The topological polar surface area (TPSA) is 0 Å². The minimum Gasteiger partial charge on any atom is -0.0758 e. The first-order valence-corrected chi connectivity index (χ1v) is 14.1. The molecule has 39 heavy (non-hydrogen) atoms. The van der Waals surface area contributed by atoms with Crippen LogP contribution in [0.25, 0.3) is 60.6 Å². The van der Waals surface area contributed by atoms with Crippen molar-refractivity contribution in [2.75, 3.05) is 0 Å². The molecule has 0 amide bonds. The minimum atomic E-state index is 0.999. The molecule has 0 unspecified atom stereocenters. The van der Waals surface area contributed by atoms with Crippen LogP contribution in [0.4, 0.5) is 0 Å². The van der Waals surface area contributed by atoms with E-state index in [2.05, 4.69) is 139 Å². The van der Waals surface area contributed by atoms with Gasteiger partial charge in [-0.15, -0.1) is 0 Å². The molecule has 0 radical (unpaired) electrons. The third-order valence-corrected chi connectivity index (χ3v) is 8.08. The van der Waals surface area contributed by atoms with E-state index in [1.807, 2.05) is 0 Å². The van der Waals surface area contributed by atoms with Crippen molar-refractivity contribution < 1.29 is 0 Å². The molecule has 0 aliphatic carbocycles. The third kappa shape index (κ3) is 4.16. The molecule has 0 heterocycles. The van der Waals surface area contributed by atoms with Gasteiger partial charge in [-0.25, -0.2) is 0 Å². The summed E-state index contributed by atoms with van der Waals surface area (Å²) in [4.78, 5) is 0. The lowest BCUT2D eigenvalue weighted by Crippen LogP contribution is -2.00. The minimum absolute atomic E-state index is 0.999. The van der Waals surface area contributed by atoms with Crippen molar-refractivity contribution >= 4 is 38.4 Å². The Kier molecular flexibility index (Phi) is 6.35. The van der Waals surface area contributed by atoms with Gasteiger partial charge in [-0.1, -0.05) is 115 Å². The highest BCUT2D eigenvalue weighted by Gasteiger charge is 2.24. The molecule has 0 nitrogen and oxygen atoms in total. The van der Waals surface area contributed by atoms with Crippen LogP contribution in [0.3, 0.4) is 0 Å². The SMILES string of the molecule is CCc1cc(C)c2c(-c3ccccc3)c3c(c(C)cc4ccc(C)cc43)c(-c3ccccc3)c2c1C=C(C)C. The molecule has 0 aromatic heterocycles. The van der Waals surface area contributed by atoms with Crippen molar-refractivity contribution in [1.82, 2.24) is 0 Å². The molecule has 0 N–H and O–H groups in total. The van der Waals surface area contributed by atoms with Crippen molar-refractivity contribution in [3.05, 3.63) is 124 Å². The van der Waals surface area contributed by atoms with E-state index in [1.54, 1.807) is 0 Å².